The summed E-state index contributed by atoms with van der Waals surface area (Å²) in [4.78, 5) is 21.1. The SMILES string of the molecule is Cc1ccc(C(=O)O)cc1C(=O)O.NN1CCNCC1. The Kier molecular flexibility index (Phi) is 6.10. The van der Waals surface area contributed by atoms with Crippen molar-refractivity contribution in [1.29, 1.82) is 0 Å². The predicted octanol–water partition coefficient (Wildman–Crippen LogP) is 0.157. The highest BCUT2D eigenvalue weighted by molar-refractivity contribution is 5.94. The van der Waals surface area contributed by atoms with Crippen molar-refractivity contribution in [2.24, 2.45) is 5.84 Å². The second-order valence-electron chi connectivity index (χ2n) is 4.43. The molecule has 1 saturated heterocycles. The van der Waals surface area contributed by atoms with Crippen LogP contribution >= 0.6 is 0 Å². The van der Waals surface area contributed by atoms with E-state index < -0.39 is 11.9 Å². The minimum Gasteiger partial charge on any atom is -0.478 e. The van der Waals surface area contributed by atoms with Crippen LogP contribution in [0.5, 0.6) is 0 Å². The molecule has 0 aliphatic carbocycles. The Hall–Kier alpha value is -1.96. The summed E-state index contributed by atoms with van der Waals surface area (Å²) >= 11 is 0. The normalized spacial score (nSPS) is 15.1. The molecule has 1 aliphatic rings. The molecule has 0 atom stereocenters. The van der Waals surface area contributed by atoms with E-state index in [1.807, 2.05) is 5.01 Å². The van der Waals surface area contributed by atoms with Crippen molar-refractivity contribution in [3.05, 3.63) is 34.9 Å². The first-order valence-corrected chi connectivity index (χ1v) is 6.19. The number of carboxylic acid groups (broad SMARTS) is 2. The summed E-state index contributed by atoms with van der Waals surface area (Å²) in [7, 11) is 0. The van der Waals surface area contributed by atoms with Gasteiger partial charge in [-0.3, -0.25) is 5.84 Å². The number of benzene rings is 1. The van der Waals surface area contributed by atoms with Crippen molar-refractivity contribution < 1.29 is 19.8 Å². The van der Waals surface area contributed by atoms with E-state index >= 15 is 0 Å². The standard InChI is InChI=1S/C9H8O4.C4H11N3/c1-5-2-3-6(8(10)11)4-7(5)9(12)13;5-7-3-1-6-2-4-7/h2-4H,1H3,(H,10,11)(H,12,13);6H,1-5H2. The van der Waals surface area contributed by atoms with Crippen LogP contribution in [0.1, 0.15) is 26.3 Å². The molecule has 1 heterocycles. The second kappa shape index (κ2) is 7.59. The molecule has 0 aromatic heterocycles. The number of hydrogen-bond donors (Lipinski definition) is 4. The van der Waals surface area contributed by atoms with Crippen molar-refractivity contribution in [3.63, 3.8) is 0 Å². The summed E-state index contributed by atoms with van der Waals surface area (Å²) in [5, 5.41) is 22.3. The number of nitrogens with two attached hydrogens (primary N) is 1. The van der Waals surface area contributed by atoms with Gasteiger partial charge in [-0.05, 0) is 24.6 Å². The Labute approximate surface area is 117 Å². The molecule has 0 amide bonds. The maximum atomic E-state index is 10.6. The summed E-state index contributed by atoms with van der Waals surface area (Å²) < 4.78 is 0. The zero-order chi connectivity index (χ0) is 15.1. The number of carbonyl (C=O) groups is 2. The average molecular weight is 281 g/mol. The number of nitrogens with zero attached hydrogens (tertiary/aromatic N) is 1. The van der Waals surface area contributed by atoms with Crippen molar-refractivity contribution in [2.75, 3.05) is 26.2 Å². The number of piperazine rings is 1. The van der Waals surface area contributed by atoms with E-state index in [-0.39, 0.29) is 11.1 Å². The Balaban J connectivity index is 0.000000240. The van der Waals surface area contributed by atoms with Gasteiger partial charge in [0.1, 0.15) is 0 Å². The predicted molar refractivity (Wildman–Crippen MR) is 73.7 cm³/mol. The fourth-order valence-electron chi connectivity index (χ4n) is 1.67. The highest BCUT2D eigenvalue weighted by Crippen LogP contribution is 2.11. The first-order valence-electron chi connectivity index (χ1n) is 6.19. The molecule has 1 aromatic rings. The number of aromatic carboxylic acids is 2. The fourth-order valence-corrected chi connectivity index (χ4v) is 1.67. The largest absolute Gasteiger partial charge is 0.478 e. The van der Waals surface area contributed by atoms with Crippen LogP contribution in [0.15, 0.2) is 18.2 Å². The Bertz CT molecular complexity index is 485. The van der Waals surface area contributed by atoms with Gasteiger partial charge in [-0.15, -0.1) is 0 Å². The second-order valence-corrected chi connectivity index (χ2v) is 4.43. The molecule has 110 valence electrons. The van der Waals surface area contributed by atoms with E-state index in [1.54, 1.807) is 6.92 Å². The summed E-state index contributed by atoms with van der Waals surface area (Å²) in [5.41, 5.74) is 0.570. The topological polar surface area (TPSA) is 116 Å². The molecule has 5 N–H and O–H groups in total. The van der Waals surface area contributed by atoms with Gasteiger partial charge in [-0.1, -0.05) is 6.07 Å². The quantitative estimate of drug-likeness (QED) is 0.570. The summed E-state index contributed by atoms with van der Waals surface area (Å²) in [6.07, 6.45) is 0. The number of aryl methyl sites for hydroxylation is 1. The number of hydrazine groups is 1. The Morgan fingerprint density at radius 3 is 2.20 bits per heavy atom. The van der Waals surface area contributed by atoms with E-state index in [9.17, 15) is 9.59 Å². The van der Waals surface area contributed by atoms with Crippen LogP contribution in [0.3, 0.4) is 0 Å². The minimum absolute atomic E-state index is 0.0111. The highest BCUT2D eigenvalue weighted by Gasteiger charge is 2.10. The maximum absolute atomic E-state index is 10.6. The summed E-state index contributed by atoms with van der Waals surface area (Å²) in [6.45, 7) is 5.67. The molecule has 7 nitrogen and oxygen atoms in total. The molecule has 20 heavy (non-hydrogen) atoms. The van der Waals surface area contributed by atoms with Crippen LogP contribution in [0.4, 0.5) is 0 Å². The van der Waals surface area contributed by atoms with E-state index in [1.165, 1.54) is 12.1 Å². The molecule has 0 saturated carbocycles. The van der Waals surface area contributed by atoms with Gasteiger partial charge in [0.15, 0.2) is 0 Å². The first-order chi connectivity index (χ1) is 9.41. The van der Waals surface area contributed by atoms with Crippen LogP contribution < -0.4 is 11.2 Å². The van der Waals surface area contributed by atoms with Crippen molar-refractivity contribution in [3.8, 4) is 0 Å². The van der Waals surface area contributed by atoms with Crippen LogP contribution in [-0.2, 0) is 0 Å². The molecule has 1 fully saturated rings. The lowest BCUT2D eigenvalue weighted by Gasteiger charge is -2.21. The summed E-state index contributed by atoms with van der Waals surface area (Å²) in [5.74, 6) is 3.19. The van der Waals surface area contributed by atoms with E-state index in [2.05, 4.69) is 5.32 Å². The zero-order valence-corrected chi connectivity index (χ0v) is 11.3. The van der Waals surface area contributed by atoms with Gasteiger partial charge in [0.05, 0.1) is 11.1 Å². The van der Waals surface area contributed by atoms with Crippen molar-refractivity contribution in [1.82, 2.24) is 10.3 Å². The molecule has 2 rings (SSSR count). The number of carboxylic acids is 2. The van der Waals surface area contributed by atoms with E-state index in [4.69, 9.17) is 16.1 Å². The van der Waals surface area contributed by atoms with Crippen molar-refractivity contribution in [2.45, 2.75) is 6.92 Å². The lowest BCUT2D eigenvalue weighted by atomic mass is 10.1. The van der Waals surface area contributed by atoms with Crippen LogP contribution in [0.25, 0.3) is 0 Å². The van der Waals surface area contributed by atoms with Gasteiger partial charge < -0.3 is 15.5 Å². The smallest absolute Gasteiger partial charge is 0.335 e. The van der Waals surface area contributed by atoms with E-state index in [0.717, 1.165) is 32.2 Å². The number of hydrogen-bond acceptors (Lipinski definition) is 5. The average Bonchev–Trinajstić information content (AvgIpc) is 2.40. The minimum atomic E-state index is -1.12. The third-order valence-corrected chi connectivity index (χ3v) is 2.87. The van der Waals surface area contributed by atoms with Gasteiger partial charge in [0.2, 0.25) is 0 Å². The molecule has 0 bridgehead atoms. The van der Waals surface area contributed by atoms with Gasteiger partial charge in [0, 0.05) is 26.2 Å². The lowest BCUT2D eigenvalue weighted by molar-refractivity contribution is 0.0695. The zero-order valence-electron chi connectivity index (χ0n) is 11.3. The molecule has 0 unspecified atom stereocenters. The fraction of sp³-hybridized carbons (Fsp3) is 0.385. The van der Waals surface area contributed by atoms with Gasteiger partial charge in [-0.25, -0.2) is 14.6 Å². The number of rotatable bonds is 2. The highest BCUT2D eigenvalue weighted by atomic mass is 16.4. The molecule has 0 spiro atoms. The number of nitrogens with one attached hydrogen (secondary N) is 1. The Morgan fingerprint density at radius 2 is 1.80 bits per heavy atom. The third-order valence-electron chi connectivity index (χ3n) is 2.87. The Morgan fingerprint density at radius 1 is 1.20 bits per heavy atom. The van der Waals surface area contributed by atoms with Gasteiger partial charge >= 0.3 is 11.9 Å². The van der Waals surface area contributed by atoms with Crippen LogP contribution in [-0.4, -0.2) is 53.3 Å². The molecule has 0 radical (unpaired) electrons. The first kappa shape index (κ1) is 16.1. The molecular formula is C13H19N3O4. The van der Waals surface area contributed by atoms with Crippen LogP contribution in [0.2, 0.25) is 0 Å². The summed E-state index contributed by atoms with van der Waals surface area (Å²) in [6, 6.07) is 4.01. The monoisotopic (exact) mass is 281 g/mol. The molecule has 1 aliphatic heterocycles. The van der Waals surface area contributed by atoms with Crippen molar-refractivity contribution >= 4 is 11.9 Å². The third kappa shape index (κ3) is 4.96. The lowest BCUT2D eigenvalue weighted by Crippen LogP contribution is -2.47. The van der Waals surface area contributed by atoms with Gasteiger partial charge in [-0.2, -0.15) is 0 Å². The maximum Gasteiger partial charge on any atom is 0.335 e. The van der Waals surface area contributed by atoms with Gasteiger partial charge in [0.25, 0.3) is 0 Å². The molecule has 7 heteroatoms. The van der Waals surface area contributed by atoms with E-state index in [0.29, 0.717) is 5.56 Å². The molecular weight excluding hydrogens is 262 g/mol. The van der Waals surface area contributed by atoms with Crippen LogP contribution in [0, 0.1) is 6.92 Å². The molecule has 1 aromatic carbocycles.